The second-order valence-corrected chi connectivity index (χ2v) is 3.98. The highest BCUT2D eigenvalue weighted by atomic mass is 79.9. The van der Waals surface area contributed by atoms with Crippen molar-refractivity contribution >= 4 is 21.7 Å². The van der Waals surface area contributed by atoms with Crippen LogP contribution in [0.25, 0.3) is 0 Å². The highest BCUT2D eigenvalue weighted by molar-refractivity contribution is 9.10. The predicted molar refractivity (Wildman–Crippen MR) is 57.5 cm³/mol. The zero-order valence-electron chi connectivity index (χ0n) is 8.03. The molecule has 14 heavy (non-hydrogen) atoms. The molecule has 0 aromatic carbocycles. The van der Waals surface area contributed by atoms with E-state index in [4.69, 9.17) is 4.74 Å². The zero-order chi connectivity index (χ0) is 9.97. The van der Waals surface area contributed by atoms with E-state index in [-0.39, 0.29) is 0 Å². The summed E-state index contributed by atoms with van der Waals surface area (Å²) in [5, 5.41) is 0. The number of anilines is 1. The third kappa shape index (κ3) is 2.04. The van der Waals surface area contributed by atoms with Gasteiger partial charge in [0.15, 0.2) is 5.82 Å². The first kappa shape index (κ1) is 9.86. The lowest BCUT2D eigenvalue weighted by molar-refractivity contribution is 0.122. The normalized spacial score (nSPS) is 17.1. The van der Waals surface area contributed by atoms with E-state index in [0.717, 1.165) is 42.4 Å². The SMILES string of the molecule is Cc1cnc(Br)c(N2CCOCC2)n1. The van der Waals surface area contributed by atoms with Crippen molar-refractivity contribution in [2.24, 2.45) is 0 Å². The minimum atomic E-state index is 0.766. The van der Waals surface area contributed by atoms with Crippen LogP contribution in [0.4, 0.5) is 5.82 Å². The predicted octanol–water partition coefficient (Wildman–Crippen LogP) is 1.38. The lowest BCUT2D eigenvalue weighted by atomic mass is 10.4. The zero-order valence-corrected chi connectivity index (χ0v) is 9.62. The minimum Gasteiger partial charge on any atom is -0.378 e. The summed E-state index contributed by atoms with van der Waals surface area (Å²) in [6.45, 7) is 5.25. The van der Waals surface area contributed by atoms with Gasteiger partial charge in [-0.25, -0.2) is 9.97 Å². The van der Waals surface area contributed by atoms with Gasteiger partial charge in [0.05, 0.1) is 18.9 Å². The molecule has 1 aromatic heterocycles. The molecule has 0 atom stereocenters. The van der Waals surface area contributed by atoms with E-state index < -0.39 is 0 Å². The van der Waals surface area contributed by atoms with Crippen molar-refractivity contribution in [2.75, 3.05) is 31.2 Å². The fourth-order valence-corrected chi connectivity index (χ4v) is 1.87. The molecule has 1 aliphatic heterocycles. The summed E-state index contributed by atoms with van der Waals surface area (Å²) in [5.74, 6) is 0.924. The Labute approximate surface area is 91.4 Å². The molecule has 0 saturated carbocycles. The van der Waals surface area contributed by atoms with Gasteiger partial charge in [-0.15, -0.1) is 0 Å². The molecule has 0 bridgehead atoms. The van der Waals surface area contributed by atoms with Crippen molar-refractivity contribution in [2.45, 2.75) is 6.92 Å². The van der Waals surface area contributed by atoms with Crippen LogP contribution in [0.1, 0.15) is 5.69 Å². The van der Waals surface area contributed by atoms with Crippen molar-refractivity contribution in [3.8, 4) is 0 Å². The second kappa shape index (κ2) is 4.23. The maximum Gasteiger partial charge on any atom is 0.162 e. The average molecular weight is 258 g/mol. The molecule has 76 valence electrons. The highest BCUT2D eigenvalue weighted by Crippen LogP contribution is 2.22. The van der Waals surface area contributed by atoms with Crippen molar-refractivity contribution in [1.82, 2.24) is 9.97 Å². The van der Waals surface area contributed by atoms with Crippen LogP contribution in [0.5, 0.6) is 0 Å². The van der Waals surface area contributed by atoms with E-state index in [0.29, 0.717) is 0 Å². The molecule has 0 spiro atoms. The first-order valence-corrected chi connectivity index (χ1v) is 5.38. The second-order valence-electron chi connectivity index (χ2n) is 3.23. The summed E-state index contributed by atoms with van der Waals surface area (Å²) in [4.78, 5) is 10.9. The molecule has 0 N–H and O–H groups in total. The molecular weight excluding hydrogens is 246 g/mol. The molecule has 5 heteroatoms. The van der Waals surface area contributed by atoms with Gasteiger partial charge in [-0.05, 0) is 22.9 Å². The number of aryl methyl sites for hydroxylation is 1. The van der Waals surface area contributed by atoms with Gasteiger partial charge in [0.25, 0.3) is 0 Å². The van der Waals surface area contributed by atoms with E-state index in [1.54, 1.807) is 6.20 Å². The third-order valence-electron chi connectivity index (χ3n) is 2.14. The molecule has 4 nitrogen and oxygen atoms in total. The Bertz CT molecular complexity index is 326. The topological polar surface area (TPSA) is 38.2 Å². The van der Waals surface area contributed by atoms with E-state index in [9.17, 15) is 0 Å². The van der Waals surface area contributed by atoms with E-state index >= 15 is 0 Å². The quantitative estimate of drug-likeness (QED) is 0.762. The third-order valence-corrected chi connectivity index (χ3v) is 2.70. The van der Waals surface area contributed by atoms with Crippen molar-refractivity contribution in [1.29, 1.82) is 0 Å². The van der Waals surface area contributed by atoms with Gasteiger partial charge >= 0.3 is 0 Å². The molecule has 0 amide bonds. The summed E-state index contributed by atoms with van der Waals surface area (Å²) in [7, 11) is 0. The molecule has 0 aliphatic carbocycles. The molecule has 0 unspecified atom stereocenters. The molecule has 1 aliphatic rings. The van der Waals surface area contributed by atoms with Crippen LogP contribution in [0.2, 0.25) is 0 Å². The van der Waals surface area contributed by atoms with E-state index in [1.807, 2.05) is 6.92 Å². The maximum atomic E-state index is 5.29. The first-order chi connectivity index (χ1) is 6.77. The number of aromatic nitrogens is 2. The Morgan fingerprint density at radius 3 is 2.86 bits per heavy atom. The Morgan fingerprint density at radius 2 is 2.14 bits per heavy atom. The highest BCUT2D eigenvalue weighted by Gasteiger charge is 2.15. The molecule has 2 heterocycles. The van der Waals surface area contributed by atoms with Crippen molar-refractivity contribution in [3.63, 3.8) is 0 Å². The molecule has 1 saturated heterocycles. The van der Waals surface area contributed by atoms with Crippen molar-refractivity contribution < 1.29 is 4.74 Å². The van der Waals surface area contributed by atoms with Gasteiger partial charge in [-0.3, -0.25) is 0 Å². The van der Waals surface area contributed by atoms with Gasteiger partial charge in [-0.2, -0.15) is 0 Å². The standard InChI is InChI=1S/C9H12BrN3O/c1-7-6-11-8(10)9(12-7)13-2-4-14-5-3-13/h6H,2-5H2,1H3. The van der Waals surface area contributed by atoms with Crippen LogP contribution in [0.15, 0.2) is 10.8 Å². The van der Waals surface area contributed by atoms with E-state index in [1.165, 1.54) is 0 Å². The lowest BCUT2D eigenvalue weighted by Crippen LogP contribution is -2.37. The minimum absolute atomic E-state index is 0.766. The van der Waals surface area contributed by atoms with Crippen molar-refractivity contribution in [3.05, 3.63) is 16.5 Å². The average Bonchev–Trinajstić information content (AvgIpc) is 2.23. The number of morpholine rings is 1. The smallest absolute Gasteiger partial charge is 0.162 e. The monoisotopic (exact) mass is 257 g/mol. The summed E-state index contributed by atoms with van der Waals surface area (Å²) < 4.78 is 6.10. The summed E-state index contributed by atoms with van der Waals surface area (Å²) in [6.07, 6.45) is 1.76. The Morgan fingerprint density at radius 1 is 1.43 bits per heavy atom. The summed E-state index contributed by atoms with van der Waals surface area (Å²) >= 11 is 3.41. The lowest BCUT2D eigenvalue weighted by Gasteiger charge is -2.28. The van der Waals surface area contributed by atoms with Crippen LogP contribution >= 0.6 is 15.9 Å². The Hall–Kier alpha value is -0.680. The fourth-order valence-electron chi connectivity index (χ4n) is 1.43. The summed E-state index contributed by atoms with van der Waals surface area (Å²) in [5.41, 5.74) is 0.940. The van der Waals surface area contributed by atoms with Gasteiger partial charge in [0.1, 0.15) is 4.60 Å². The fraction of sp³-hybridized carbons (Fsp3) is 0.556. The van der Waals surface area contributed by atoms with Gasteiger partial charge in [0.2, 0.25) is 0 Å². The molecule has 2 rings (SSSR count). The van der Waals surface area contributed by atoms with Crippen LogP contribution in [-0.4, -0.2) is 36.3 Å². The first-order valence-electron chi connectivity index (χ1n) is 4.59. The molecule has 1 aromatic rings. The Balaban J connectivity index is 2.24. The van der Waals surface area contributed by atoms with Crippen LogP contribution in [-0.2, 0) is 4.74 Å². The summed E-state index contributed by atoms with van der Waals surface area (Å²) in [6, 6.07) is 0. The van der Waals surface area contributed by atoms with Gasteiger partial charge < -0.3 is 9.64 Å². The van der Waals surface area contributed by atoms with Gasteiger partial charge in [-0.1, -0.05) is 0 Å². The number of ether oxygens (including phenoxy) is 1. The largest absolute Gasteiger partial charge is 0.378 e. The van der Waals surface area contributed by atoms with Crippen LogP contribution in [0, 0.1) is 6.92 Å². The number of hydrogen-bond acceptors (Lipinski definition) is 4. The number of rotatable bonds is 1. The number of hydrogen-bond donors (Lipinski definition) is 0. The molecular formula is C9H12BrN3O. The number of halogens is 1. The van der Waals surface area contributed by atoms with Crippen LogP contribution < -0.4 is 4.90 Å². The van der Waals surface area contributed by atoms with E-state index in [2.05, 4.69) is 30.8 Å². The molecule has 1 fully saturated rings. The number of nitrogens with zero attached hydrogens (tertiary/aromatic N) is 3. The Kier molecular flexibility index (Phi) is 2.98. The van der Waals surface area contributed by atoms with Crippen LogP contribution in [0.3, 0.4) is 0 Å². The molecule has 0 radical (unpaired) electrons. The van der Waals surface area contributed by atoms with Gasteiger partial charge in [0, 0.05) is 19.3 Å². The maximum absolute atomic E-state index is 5.29.